The van der Waals surface area contributed by atoms with Crippen molar-refractivity contribution in [3.63, 3.8) is 0 Å². The Morgan fingerprint density at radius 3 is 2.85 bits per heavy atom. The van der Waals surface area contributed by atoms with Gasteiger partial charge in [0.1, 0.15) is 6.54 Å². The van der Waals surface area contributed by atoms with E-state index in [9.17, 15) is 14.7 Å². The number of hydrogen-bond donors (Lipinski definition) is 2. The smallest absolute Gasteiger partial charge is 0.325 e. The molecule has 1 aromatic heterocycles. The Bertz CT molecular complexity index is 511. The largest absolute Gasteiger partial charge is 0.480 e. The first-order valence-corrected chi connectivity index (χ1v) is 6.51. The SMILES string of the molecule is CC1(O)CCCN(C(=O)c2cn(CC(=O)O)nn2)CC1. The van der Waals surface area contributed by atoms with Gasteiger partial charge in [-0.3, -0.25) is 9.59 Å². The molecule has 2 rings (SSSR count). The van der Waals surface area contributed by atoms with Crippen molar-refractivity contribution >= 4 is 11.9 Å². The average molecular weight is 282 g/mol. The molecule has 1 fully saturated rings. The van der Waals surface area contributed by atoms with E-state index in [1.165, 1.54) is 6.20 Å². The van der Waals surface area contributed by atoms with Crippen LogP contribution in [0.15, 0.2) is 6.20 Å². The van der Waals surface area contributed by atoms with E-state index in [0.29, 0.717) is 25.9 Å². The summed E-state index contributed by atoms with van der Waals surface area (Å²) in [5, 5.41) is 26.0. The summed E-state index contributed by atoms with van der Waals surface area (Å²) < 4.78 is 1.11. The third-order valence-electron chi connectivity index (χ3n) is 3.41. The van der Waals surface area contributed by atoms with Crippen LogP contribution in [0.3, 0.4) is 0 Å². The van der Waals surface area contributed by atoms with Gasteiger partial charge in [-0.15, -0.1) is 5.10 Å². The lowest BCUT2D eigenvalue weighted by Crippen LogP contribution is -2.33. The molecule has 2 N–H and O–H groups in total. The van der Waals surface area contributed by atoms with E-state index in [0.717, 1.165) is 11.1 Å². The highest BCUT2D eigenvalue weighted by atomic mass is 16.4. The zero-order chi connectivity index (χ0) is 14.8. The zero-order valence-electron chi connectivity index (χ0n) is 11.3. The number of likely N-dealkylation sites (tertiary alicyclic amines) is 1. The summed E-state index contributed by atoms with van der Waals surface area (Å²) in [5.41, 5.74) is -0.608. The molecule has 1 aliphatic rings. The maximum Gasteiger partial charge on any atom is 0.325 e. The number of aliphatic carboxylic acids is 1. The van der Waals surface area contributed by atoms with Crippen molar-refractivity contribution in [1.29, 1.82) is 0 Å². The molecule has 8 nitrogen and oxygen atoms in total. The topological polar surface area (TPSA) is 109 Å². The Morgan fingerprint density at radius 1 is 1.40 bits per heavy atom. The molecule has 0 saturated carbocycles. The van der Waals surface area contributed by atoms with Crippen molar-refractivity contribution in [3.8, 4) is 0 Å². The number of carboxylic acid groups (broad SMARTS) is 1. The van der Waals surface area contributed by atoms with E-state index in [1.807, 2.05) is 0 Å². The summed E-state index contributed by atoms with van der Waals surface area (Å²) in [6, 6.07) is 0. The van der Waals surface area contributed by atoms with Crippen LogP contribution in [0, 0.1) is 0 Å². The van der Waals surface area contributed by atoms with Gasteiger partial charge in [-0.2, -0.15) is 0 Å². The third kappa shape index (κ3) is 3.53. The predicted octanol–water partition coefficient (Wildman–Crippen LogP) is -0.260. The van der Waals surface area contributed by atoms with E-state index >= 15 is 0 Å². The number of aromatic nitrogens is 3. The fourth-order valence-corrected chi connectivity index (χ4v) is 2.24. The Morgan fingerprint density at radius 2 is 2.15 bits per heavy atom. The van der Waals surface area contributed by atoms with Crippen LogP contribution in [0.5, 0.6) is 0 Å². The van der Waals surface area contributed by atoms with Gasteiger partial charge in [-0.1, -0.05) is 5.21 Å². The van der Waals surface area contributed by atoms with Gasteiger partial charge in [0, 0.05) is 13.1 Å². The van der Waals surface area contributed by atoms with Crippen LogP contribution in [0.25, 0.3) is 0 Å². The van der Waals surface area contributed by atoms with Crippen molar-refractivity contribution in [1.82, 2.24) is 19.9 Å². The number of hydrogen-bond acceptors (Lipinski definition) is 5. The predicted molar refractivity (Wildman–Crippen MR) is 68.0 cm³/mol. The van der Waals surface area contributed by atoms with E-state index in [-0.39, 0.29) is 18.1 Å². The molecular weight excluding hydrogens is 264 g/mol. The Balaban J connectivity index is 2.03. The van der Waals surface area contributed by atoms with Crippen LogP contribution in [0.4, 0.5) is 0 Å². The first kappa shape index (κ1) is 14.4. The molecule has 0 aliphatic carbocycles. The van der Waals surface area contributed by atoms with Crippen LogP contribution in [-0.4, -0.2) is 60.7 Å². The van der Waals surface area contributed by atoms with Gasteiger partial charge in [0.15, 0.2) is 5.69 Å². The number of rotatable bonds is 3. The zero-order valence-corrected chi connectivity index (χ0v) is 11.3. The molecule has 1 saturated heterocycles. The fraction of sp³-hybridized carbons (Fsp3) is 0.667. The summed E-state index contributed by atoms with van der Waals surface area (Å²) in [6.07, 6.45) is 3.23. The number of carbonyl (C=O) groups excluding carboxylic acids is 1. The summed E-state index contributed by atoms with van der Waals surface area (Å²) in [4.78, 5) is 24.4. The minimum absolute atomic E-state index is 0.132. The maximum absolute atomic E-state index is 12.2. The number of carbonyl (C=O) groups is 2. The molecule has 20 heavy (non-hydrogen) atoms. The second-order valence-electron chi connectivity index (χ2n) is 5.34. The average Bonchev–Trinajstić information content (AvgIpc) is 2.72. The quantitative estimate of drug-likeness (QED) is 0.790. The van der Waals surface area contributed by atoms with Crippen LogP contribution >= 0.6 is 0 Å². The highest BCUT2D eigenvalue weighted by Crippen LogP contribution is 2.22. The van der Waals surface area contributed by atoms with Gasteiger partial charge < -0.3 is 15.1 Å². The highest BCUT2D eigenvalue weighted by Gasteiger charge is 2.28. The minimum atomic E-state index is -1.04. The summed E-state index contributed by atoms with van der Waals surface area (Å²) in [6.45, 7) is 2.46. The van der Waals surface area contributed by atoms with E-state index in [4.69, 9.17) is 5.11 Å². The van der Waals surface area contributed by atoms with Gasteiger partial charge in [-0.25, -0.2) is 4.68 Å². The van der Waals surface area contributed by atoms with Gasteiger partial charge in [0.2, 0.25) is 0 Å². The summed E-state index contributed by atoms with van der Waals surface area (Å²) in [7, 11) is 0. The molecule has 110 valence electrons. The first-order valence-electron chi connectivity index (χ1n) is 6.51. The standard InChI is InChI=1S/C12H18N4O4/c1-12(20)3-2-5-15(6-4-12)11(19)9-7-16(14-13-9)8-10(17)18/h7,20H,2-6,8H2,1H3,(H,17,18). The van der Waals surface area contributed by atoms with Crippen LogP contribution in [-0.2, 0) is 11.3 Å². The molecule has 2 heterocycles. The molecule has 1 aliphatic heterocycles. The monoisotopic (exact) mass is 282 g/mol. The van der Waals surface area contributed by atoms with E-state index in [2.05, 4.69) is 10.3 Å². The number of carboxylic acids is 1. The normalized spacial score (nSPS) is 23.4. The summed E-state index contributed by atoms with van der Waals surface area (Å²) >= 11 is 0. The Hall–Kier alpha value is -1.96. The molecule has 1 atom stereocenters. The number of amides is 1. The molecular formula is C12H18N4O4. The van der Waals surface area contributed by atoms with Gasteiger partial charge in [0.05, 0.1) is 11.8 Å². The Labute approximate surface area is 116 Å². The molecule has 1 unspecified atom stereocenters. The van der Waals surface area contributed by atoms with Gasteiger partial charge in [0.25, 0.3) is 5.91 Å². The molecule has 8 heteroatoms. The van der Waals surface area contributed by atoms with E-state index in [1.54, 1.807) is 11.8 Å². The second-order valence-corrected chi connectivity index (χ2v) is 5.34. The molecule has 0 radical (unpaired) electrons. The van der Waals surface area contributed by atoms with Crippen LogP contribution in [0.1, 0.15) is 36.7 Å². The second kappa shape index (κ2) is 5.58. The summed E-state index contributed by atoms with van der Waals surface area (Å²) in [5.74, 6) is -1.32. The molecule has 1 amide bonds. The lowest BCUT2D eigenvalue weighted by Gasteiger charge is -2.21. The molecule has 0 aromatic carbocycles. The van der Waals surface area contributed by atoms with E-state index < -0.39 is 11.6 Å². The lowest BCUT2D eigenvalue weighted by molar-refractivity contribution is -0.137. The molecule has 1 aromatic rings. The van der Waals surface area contributed by atoms with Crippen LogP contribution < -0.4 is 0 Å². The van der Waals surface area contributed by atoms with Crippen molar-refractivity contribution in [2.45, 2.75) is 38.3 Å². The third-order valence-corrected chi connectivity index (χ3v) is 3.41. The Kier molecular flexibility index (Phi) is 4.03. The highest BCUT2D eigenvalue weighted by molar-refractivity contribution is 5.92. The molecule has 0 spiro atoms. The maximum atomic E-state index is 12.2. The van der Waals surface area contributed by atoms with Crippen molar-refractivity contribution < 1.29 is 19.8 Å². The van der Waals surface area contributed by atoms with Crippen molar-refractivity contribution in [2.24, 2.45) is 0 Å². The van der Waals surface area contributed by atoms with Crippen LogP contribution in [0.2, 0.25) is 0 Å². The molecule has 0 bridgehead atoms. The lowest BCUT2D eigenvalue weighted by atomic mass is 9.98. The van der Waals surface area contributed by atoms with Gasteiger partial charge >= 0.3 is 5.97 Å². The minimum Gasteiger partial charge on any atom is -0.480 e. The number of nitrogens with zero attached hydrogens (tertiary/aromatic N) is 4. The number of aliphatic hydroxyl groups is 1. The van der Waals surface area contributed by atoms with Crippen molar-refractivity contribution in [3.05, 3.63) is 11.9 Å². The first-order chi connectivity index (χ1) is 9.37. The van der Waals surface area contributed by atoms with Gasteiger partial charge in [-0.05, 0) is 26.2 Å². The fourth-order valence-electron chi connectivity index (χ4n) is 2.24. The van der Waals surface area contributed by atoms with Crippen molar-refractivity contribution in [2.75, 3.05) is 13.1 Å².